The maximum atomic E-state index is 11.3. The van der Waals surface area contributed by atoms with Crippen LogP contribution in [0.25, 0.3) is 0 Å². The molecule has 1 fully saturated rings. The minimum atomic E-state index is -0.863. The summed E-state index contributed by atoms with van der Waals surface area (Å²) in [5.74, 6) is 0.0506. The molecule has 2 aliphatic carbocycles. The summed E-state index contributed by atoms with van der Waals surface area (Å²) in [6, 6.07) is 0. The Hall–Kier alpha value is -1.58. The van der Waals surface area contributed by atoms with E-state index in [0.717, 1.165) is 44.1 Å². The van der Waals surface area contributed by atoms with Crippen LogP contribution in [0.2, 0.25) is 0 Å². The molecule has 4 nitrogen and oxygen atoms in total. The Bertz CT molecular complexity index is 618. The number of ether oxygens (including phenoxy) is 1. The summed E-state index contributed by atoms with van der Waals surface area (Å²) < 4.78 is 5.35. The van der Waals surface area contributed by atoms with E-state index in [1.165, 1.54) is 18.6 Å². The predicted molar refractivity (Wildman–Crippen MR) is 103 cm³/mol. The zero-order chi connectivity index (χ0) is 19.5. The Labute approximate surface area is 157 Å². The molecule has 0 aromatic carbocycles. The normalized spacial score (nSPS) is 34.7. The Morgan fingerprint density at radius 3 is 2.62 bits per heavy atom. The van der Waals surface area contributed by atoms with Gasteiger partial charge >= 0.3 is 11.9 Å². The van der Waals surface area contributed by atoms with Crippen molar-refractivity contribution in [3.05, 3.63) is 23.3 Å². The van der Waals surface area contributed by atoms with E-state index in [1.54, 1.807) is 0 Å². The molecule has 0 aromatic heterocycles. The van der Waals surface area contributed by atoms with Gasteiger partial charge in [0.25, 0.3) is 0 Å². The molecule has 4 heteroatoms. The number of esters is 1. The summed E-state index contributed by atoms with van der Waals surface area (Å²) >= 11 is 0. The van der Waals surface area contributed by atoms with Gasteiger partial charge in [-0.15, -0.1) is 0 Å². The molecule has 0 saturated heterocycles. The standard InChI is InChI=1S/C22H34O4/c1-15(13-20(24)25)9-11-21(4)16(2)10-12-22(5)18(14-26-17(3)23)7-6-8-19(21)22/h7,13,16,19H,6,8-12,14H2,1-5H3,(H,24,25)/b15-13+/t16-,19-,21+,22-/m1/s1. The summed E-state index contributed by atoms with van der Waals surface area (Å²) in [6.07, 6.45) is 9.92. The van der Waals surface area contributed by atoms with E-state index >= 15 is 0 Å². The fourth-order valence-corrected chi connectivity index (χ4v) is 5.35. The number of rotatable bonds is 6. The minimum Gasteiger partial charge on any atom is -0.478 e. The van der Waals surface area contributed by atoms with E-state index in [0.29, 0.717) is 18.4 Å². The Balaban J connectivity index is 2.23. The molecule has 0 spiro atoms. The highest BCUT2D eigenvalue weighted by Gasteiger charge is 2.53. The monoisotopic (exact) mass is 362 g/mol. The van der Waals surface area contributed by atoms with Gasteiger partial charge in [0.1, 0.15) is 6.61 Å². The second-order valence-corrected chi connectivity index (χ2v) is 8.83. The quantitative estimate of drug-likeness (QED) is 0.404. The molecule has 0 bridgehead atoms. The van der Waals surface area contributed by atoms with Gasteiger partial charge in [-0.2, -0.15) is 0 Å². The second-order valence-electron chi connectivity index (χ2n) is 8.83. The van der Waals surface area contributed by atoms with Crippen LogP contribution in [0.1, 0.15) is 73.1 Å². The molecule has 0 amide bonds. The topological polar surface area (TPSA) is 63.6 Å². The summed E-state index contributed by atoms with van der Waals surface area (Å²) in [4.78, 5) is 22.2. The van der Waals surface area contributed by atoms with Gasteiger partial charge in [0.2, 0.25) is 0 Å². The van der Waals surface area contributed by atoms with Crippen molar-refractivity contribution in [1.29, 1.82) is 0 Å². The third-order valence-corrected chi connectivity index (χ3v) is 7.23. The van der Waals surface area contributed by atoms with E-state index in [-0.39, 0.29) is 16.8 Å². The molecule has 1 N–H and O–H groups in total. The largest absolute Gasteiger partial charge is 0.478 e. The third kappa shape index (κ3) is 4.21. The number of aliphatic carboxylic acids is 1. The van der Waals surface area contributed by atoms with Gasteiger partial charge in [-0.25, -0.2) is 4.79 Å². The molecule has 2 aliphatic rings. The van der Waals surface area contributed by atoms with E-state index in [9.17, 15) is 9.59 Å². The highest BCUT2D eigenvalue weighted by atomic mass is 16.5. The average Bonchev–Trinajstić information content (AvgIpc) is 2.55. The van der Waals surface area contributed by atoms with Gasteiger partial charge in [0.15, 0.2) is 0 Å². The van der Waals surface area contributed by atoms with Crippen LogP contribution in [-0.4, -0.2) is 23.7 Å². The lowest BCUT2D eigenvalue weighted by atomic mass is 9.47. The summed E-state index contributed by atoms with van der Waals surface area (Å²) in [5.41, 5.74) is 2.44. The van der Waals surface area contributed by atoms with Crippen LogP contribution in [0.3, 0.4) is 0 Å². The van der Waals surface area contributed by atoms with E-state index in [1.807, 2.05) is 6.92 Å². The van der Waals surface area contributed by atoms with Crippen LogP contribution in [-0.2, 0) is 14.3 Å². The molecule has 0 radical (unpaired) electrons. The lowest BCUT2D eigenvalue weighted by molar-refractivity contribution is -0.141. The predicted octanol–water partition coefficient (Wildman–Crippen LogP) is 5.14. The van der Waals surface area contributed by atoms with Crippen LogP contribution >= 0.6 is 0 Å². The number of fused-ring (bicyclic) bond motifs is 1. The fraction of sp³-hybridized carbons (Fsp3) is 0.727. The zero-order valence-electron chi connectivity index (χ0n) is 16.9. The van der Waals surface area contributed by atoms with Crippen molar-refractivity contribution in [2.75, 3.05) is 6.61 Å². The number of carboxylic acids is 1. The Morgan fingerprint density at radius 1 is 1.31 bits per heavy atom. The van der Waals surface area contributed by atoms with E-state index in [2.05, 4.69) is 26.8 Å². The minimum absolute atomic E-state index is 0.0688. The van der Waals surface area contributed by atoms with Crippen LogP contribution in [0.5, 0.6) is 0 Å². The molecule has 4 atom stereocenters. The summed E-state index contributed by atoms with van der Waals surface area (Å²) in [7, 11) is 0. The van der Waals surface area contributed by atoms with Crippen molar-refractivity contribution in [3.63, 3.8) is 0 Å². The average molecular weight is 363 g/mol. The molecule has 26 heavy (non-hydrogen) atoms. The van der Waals surface area contributed by atoms with Crippen molar-refractivity contribution >= 4 is 11.9 Å². The molecule has 0 unspecified atom stereocenters. The van der Waals surface area contributed by atoms with E-state index < -0.39 is 5.97 Å². The van der Waals surface area contributed by atoms with Crippen molar-refractivity contribution in [3.8, 4) is 0 Å². The number of carbonyl (C=O) groups is 2. The lowest BCUT2D eigenvalue weighted by Gasteiger charge is -2.58. The highest BCUT2D eigenvalue weighted by Crippen LogP contribution is 2.62. The van der Waals surface area contributed by atoms with Gasteiger partial charge in [-0.1, -0.05) is 32.4 Å². The Morgan fingerprint density at radius 2 is 2.00 bits per heavy atom. The summed E-state index contributed by atoms with van der Waals surface area (Å²) in [5, 5.41) is 8.98. The molecular weight excluding hydrogens is 328 g/mol. The van der Waals surface area contributed by atoms with Crippen molar-refractivity contribution in [2.24, 2.45) is 22.7 Å². The van der Waals surface area contributed by atoms with Gasteiger partial charge in [0.05, 0.1) is 0 Å². The maximum Gasteiger partial charge on any atom is 0.328 e. The fourth-order valence-electron chi connectivity index (χ4n) is 5.35. The number of carbonyl (C=O) groups excluding carboxylic acids is 1. The van der Waals surface area contributed by atoms with Gasteiger partial charge < -0.3 is 9.84 Å². The van der Waals surface area contributed by atoms with Crippen LogP contribution in [0.15, 0.2) is 23.3 Å². The van der Waals surface area contributed by atoms with Crippen LogP contribution < -0.4 is 0 Å². The smallest absolute Gasteiger partial charge is 0.328 e. The van der Waals surface area contributed by atoms with Crippen LogP contribution in [0.4, 0.5) is 0 Å². The van der Waals surface area contributed by atoms with Gasteiger partial charge in [-0.05, 0) is 73.7 Å². The maximum absolute atomic E-state index is 11.3. The van der Waals surface area contributed by atoms with Crippen molar-refractivity contribution in [1.82, 2.24) is 0 Å². The van der Waals surface area contributed by atoms with Crippen molar-refractivity contribution in [2.45, 2.75) is 73.1 Å². The molecule has 1 saturated carbocycles. The highest BCUT2D eigenvalue weighted by molar-refractivity contribution is 5.80. The molecule has 0 aromatic rings. The van der Waals surface area contributed by atoms with Gasteiger partial charge in [0, 0.05) is 13.0 Å². The number of hydrogen-bond donors (Lipinski definition) is 1. The first-order chi connectivity index (χ1) is 12.1. The first kappa shape index (κ1) is 20.7. The summed E-state index contributed by atoms with van der Waals surface area (Å²) in [6.45, 7) is 10.9. The molecule has 0 heterocycles. The SMILES string of the molecule is CC(=O)OCC1=CCC[C@@H]2[C@@](C)(CC/C(C)=C/C(=O)O)[C@H](C)CC[C@]12C. The zero-order valence-corrected chi connectivity index (χ0v) is 16.9. The molecule has 146 valence electrons. The second kappa shape index (κ2) is 7.98. The molecule has 0 aliphatic heterocycles. The molecule has 2 rings (SSSR count). The van der Waals surface area contributed by atoms with Gasteiger partial charge in [-0.3, -0.25) is 4.79 Å². The lowest BCUT2D eigenvalue weighted by Crippen LogP contribution is -2.50. The number of allylic oxidation sites excluding steroid dienone is 2. The molecular formula is C22H34O4. The van der Waals surface area contributed by atoms with Crippen molar-refractivity contribution < 1.29 is 19.4 Å². The van der Waals surface area contributed by atoms with Crippen LogP contribution in [0, 0.1) is 22.7 Å². The number of hydrogen-bond acceptors (Lipinski definition) is 3. The third-order valence-electron chi connectivity index (χ3n) is 7.23. The Kier molecular flexibility index (Phi) is 6.36. The first-order valence-corrected chi connectivity index (χ1v) is 9.82. The first-order valence-electron chi connectivity index (χ1n) is 9.82. The van der Waals surface area contributed by atoms with E-state index in [4.69, 9.17) is 9.84 Å². The number of carboxylic acid groups (broad SMARTS) is 1.